The largest absolute Gasteiger partial charge is 0.466 e. The number of carbonyl (C=O) groups excluding carboxylic acids is 2. The van der Waals surface area contributed by atoms with Gasteiger partial charge in [0.2, 0.25) is 6.54 Å². The highest BCUT2D eigenvalue weighted by Gasteiger charge is 2.41. The summed E-state index contributed by atoms with van der Waals surface area (Å²) in [5.41, 5.74) is 2.05. The standard InChI is InChI=1S/C45H46F2N4O9/c1-3-58-41(53)17-14-29-11-7-12-31(23-29)45(2,40(52)27-51(55)56)39-26-49-44(50-39)35-24-32(15-16-36(35)46)60-43-34(33-18-20-48-38(33)25-37(43)47)13-8-21-57-22-19-42(54)59-28-30-9-5-4-6-10-30/h4-7,9-12,15-16,18,20,23-26,40,48,52H,3,8,13-14,17,19,21-22,27-28H2,1-2H3,(H,49,50). The van der Waals surface area contributed by atoms with Crippen LogP contribution in [0.4, 0.5) is 8.78 Å². The third-order valence-corrected chi connectivity index (χ3v) is 10.3. The summed E-state index contributed by atoms with van der Waals surface area (Å²) in [6.45, 7) is 3.40. The van der Waals surface area contributed by atoms with Gasteiger partial charge in [0, 0.05) is 58.6 Å². The molecule has 0 aliphatic carbocycles. The number of hydrogen-bond acceptors (Lipinski definition) is 10. The van der Waals surface area contributed by atoms with E-state index < -0.39 is 34.6 Å². The molecular weight excluding hydrogens is 779 g/mol. The summed E-state index contributed by atoms with van der Waals surface area (Å²) in [7, 11) is 0. The molecule has 13 nitrogen and oxygen atoms in total. The number of ether oxygens (including phenoxy) is 4. The highest BCUT2D eigenvalue weighted by Crippen LogP contribution is 2.39. The van der Waals surface area contributed by atoms with Crippen molar-refractivity contribution >= 4 is 22.8 Å². The minimum Gasteiger partial charge on any atom is -0.466 e. The average molecular weight is 825 g/mol. The first kappa shape index (κ1) is 43.1. The maximum absolute atomic E-state index is 15.8. The molecule has 60 heavy (non-hydrogen) atoms. The highest BCUT2D eigenvalue weighted by atomic mass is 19.1. The molecule has 2 heterocycles. The summed E-state index contributed by atoms with van der Waals surface area (Å²) in [5.74, 6) is -1.99. The zero-order chi connectivity index (χ0) is 42.6. The first-order valence-electron chi connectivity index (χ1n) is 19.6. The Labute approximate surface area is 344 Å². The number of esters is 2. The summed E-state index contributed by atoms with van der Waals surface area (Å²) >= 11 is 0. The Morgan fingerprint density at radius 2 is 1.70 bits per heavy atom. The van der Waals surface area contributed by atoms with Gasteiger partial charge in [0.15, 0.2) is 11.6 Å². The summed E-state index contributed by atoms with van der Waals surface area (Å²) < 4.78 is 53.5. The zero-order valence-electron chi connectivity index (χ0n) is 33.2. The topological polar surface area (TPSA) is 179 Å². The number of aliphatic hydroxyl groups excluding tert-OH is 1. The number of nitrogens with one attached hydrogen (secondary N) is 2. The normalized spacial score (nSPS) is 12.8. The summed E-state index contributed by atoms with van der Waals surface area (Å²) in [5, 5.41) is 23.7. The van der Waals surface area contributed by atoms with Crippen LogP contribution in [0.15, 0.2) is 97.3 Å². The van der Waals surface area contributed by atoms with Crippen molar-refractivity contribution in [2.45, 2.75) is 64.1 Å². The van der Waals surface area contributed by atoms with Gasteiger partial charge in [-0.3, -0.25) is 19.7 Å². The number of aliphatic hydroxyl groups is 1. The number of hydrogen-bond donors (Lipinski definition) is 3. The van der Waals surface area contributed by atoms with Gasteiger partial charge < -0.3 is 34.0 Å². The van der Waals surface area contributed by atoms with Gasteiger partial charge in [-0.15, -0.1) is 0 Å². The zero-order valence-corrected chi connectivity index (χ0v) is 33.2. The predicted octanol–water partition coefficient (Wildman–Crippen LogP) is 8.15. The van der Waals surface area contributed by atoms with Crippen LogP contribution in [0.2, 0.25) is 0 Å². The van der Waals surface area contributed by atoms with Crippen molar-refractivity contribution in [2.75, 3.05) is 26.4 Å². The predicted molar refractivity (Wildman–Crippen MR) is 218 cm³/mol. The number of nitro groups is 1. The second kappa shape index (κ2) is 20.0. The Morgan fingerprint density at radius 1 is 0.917 bits per heavy atom. The number of aromatic nitrogens is 3. The van der Waals surface area contributed by atoms with Crippen LogP contribution in [0, 0.1) is 21.7 Å². The first-order valence-corrected chi connectivity index (χ1v) is 19.6. The summed E-state index contributed by atoms with van der Waals surface area (Å²) in [6, 6.07) is 23.3. The van der Waals surface area contributed by atoms with E-state index in [9.17, 15) is 24.8 Å². The molecule has 0 aliphatic rings. The van der Waals surface area contributed by atoms with E-state index in [4.69, 9.17) is 18.9 Å². The molecule has 0 saturated heterocycles. The molecular formula is C45H46F2N4O9. The van der Waals surface area contributed by atoms with Crippen LogP contribution in [0.1, 0.15) is 61.1 Å². The van der Waals surface area contributed by atoms with Gasteiger partial charge in [0.05, 0.1) is 30.6 Å². The number of aromatic amines is 2. The van der Waals surface area contributed by atoms with Crippen molar-refractivity contribution in [1.82, 2.24) is 15.0 Å². The van der Waals surface area contributed by atoms with Gasteiger partial charge in [-0.1, -0.05) is 54.6 Å². The van der Waals surface area contributed by atoms with Crippen molar-refractivity contribution in [3.05, 3.63) is 147 Å². The number of halogens is 2. The number of benzene rings is 4. The molecule has 0 radical (unpaired) electrons. The molecule has 0 saturated carbocycles. The lowest BCUT2D eigenvalue weighted by molar-refractivity contribution is -0.492. The van der Waals surface area contributed by atoms with Crippen molar-refractivity contribution in [1.29, 1.82) is 0 Å². The molecule has 6 rings (SSSR count). The van der Waals surface area contributed by atoms with E-state index in [1.165, 1.54) is 24.4 Å². The Bertz CT molecular complexity index is 2420. The van der Waals surface area contributed by atoms with Crippen molar-refractivity contribution in [2.24, 2.45) is 0 Å². The van der Waals surface area contributed by atoms with Crippen LogP contribution in [-0.2, 0) is 48.7 Å². The monoisotopic (exact) mass is 824 g/mol. The Balaban J connectivity index is 1.18. The quantitative estimate of drug-likeness (QED) is 0.0278. The van der Waals surface area contributed by atoms with Gasteiger partial charge >= 0.3 is 11.9 Å². The number of aryl methyl sites for hydroxylation is 2. The van der Waals surface area contributed by atoms with Crippen molar-refractivity contribution in [3.8, 4) is 22.9 Å². The maximum atomic E-state index is 15.8. The van der Waals surface area contributed by atoms with E-state index in [0.717, 1.165) is 22.6 Å². The minimum atomic E-state index is -1.54. The van der Waals surface area contributed by atoms with Crippen LogP contribution in [0.3, 0.4) is 0 Å². The number of carbonyl (C=O) groups is 2. The van der Waals surface area contributed by atoms with E-state index in [1.807, 2.05) is 36.4 Å². The molecule has 0 aliphatic heterocycles. The molecule has 4 aromatic carbocycles. The maximum Gasteiger partial charge on any atom is 0.308 e. The van der Waals surface area contributed by atoms with Crippen LogP contribution < -0.4 is 4.74 Å². The molecule has 2 unspecified atom stereocenters. The van der Waals surface area contributed by atoms with Crippen LogP contribution >= 0.6 is 0 Å². The van der Waals surface area contributed by atoms with E-state index >= 15 is 8.78 Å². The molecule has 3 N–H and O–H groups in total. The van der Waals surface area contributed by atoms with Crippen LogP contribution in [0.25, 0.3) is 22.3 Å². The van der Waals surface area contributed by atoms with Gasteiger partial charge in [0.1, 0.15) is 30.1 Å². The first-order chi connectivity index (χ1) is 29.0. The number of rotatable bonds is 21. The molecule has 6 aromatic rings. The fourth-order valence-corrected chi connectivity index (χ4v) is 6.97. The second-order valence-corrected chi connectivity index (χ2v) is 14.3. The molecule has 0 fully saturated rings. The van der Waals surface area contributed by atoms with Gasteiger partial charge in [0.25, 0.3) is 0 Å². The minimum absolute atomic E-state index is 0.0339. The summed E-state index contributed by atoms with van der Waals surface area (Å²) in [4.78, 5) is 45.7. The number of fused-ring (bicyclic) bond motifs is 1. The molecule has 0 amide bonds. The third-order valence-electron chi connectivity index (χ3n) is 10.3. The summed E-state index contributed by atoms with van der Waals surface area (Å²) in [6.07, 6.45) is 2.88. The molecule has 15 heteroatoms. The highest BCUT2D eigenvalue weighted by molar-refractivity contribution is 5.85. The van der Waals surface area contributed by atoms with Gasteiger partial charge in [-0.25, -0.2) is 13.8 Å². The van der Waals surface area contributed by atoms with E-state index in [2.05, 4.69) is 15.0 Å². The SMILES string of the molecule is CCOC(=O)CCc1cccc(C(C)(c2cnc(-c3cc(Oc4c(F)cc5[nH]ccc5c4CCCOCCC(=O)OCc4ccccc4)ccc3F)[nH]2)C(O)C[N+](=O)[O-])c1. The number of imidazole rings is 1. The van der Waals surface area contributed by atoms with E-state index in [0.29, 0.717) is 35.9 Å². The fraction of sp³-hybridized carbons (Fsp3) is 0.311. The van der Waals surface area contributed by atoms with Crippen molar-refractivity contribution in [3.63, 3.8) is 0 Å². The third kappa shape index (κ3) is 10.6. The number of nitrogens with zero attached hydrogens (tertiary/aromatic N) is 2. The average Bonchev–Trinajstić information content (AvgIpc) is 3.93. The van der Waals surface area contributed by atoms with Crippen LogP contribution in [-0.4, -0.2) is 69.4 Å². The smallest absolute Gasteiger partial charge is 0.308 e. The Morgan fingerprint density at radius 3 is 2.48 bits per heavy atom. The van der Waals surface area contributed by atoms with Gasteiger partial charge in [-0.2, -0.15) is 0 Å². The molecule has 0 spiro atoms. The number of H-pyrrole nitrogens is 2. The fourth-order valence-electron chi connectivity index (χ4n) is 6.97. The molecule has 2 atom stereocenters. The molecule has 314 valence electrons. The van der Waals surface area contributed by atoms with E-state index in [-0.39, 0.29) is 79.8 Å². The molecule has 2 aromatic heterocycles. The Kier molecular flexibility index (Phi) is 14.4. The van der Waals surface area contributed by atoms with Gasteiger partial charge in [-0.05, 0) is 74.1 Å². The lowest BCUT2D eigenvalue weighted by atomic mass is 9.74. The lowest BCUT2D eigenvalue weighted by Gasteiger charge is -2.32. The molecule has 0 bridgehead atoms. The lowest BCUT2D eigenvalue weighted by Crippen LogP contribution is -2.42. The van der Waals surface area contributed by atoms with E-state index in [1.54, 1.807) is 44.3 Å². The second-order valence-electron chi connectivity index (χ2n) is 14.3. The van der Waals surface area contributed by atoms with Crippen molar-refractivity contribution < 1.29 is 47.3 Å². The van der Waals surface area contributed by atoms with Crippen LogP contribution in [0.5, 0.6) is 11.5 Å². The Hall–Kier alpha value is -6.45.